The van der Waals surface area contributed by atoms with Crippen LogP contribution in [0.2, 0.25) is 0 Å². The van der Waals surface area contributed by atoms with Gasteiger partial charge in [0.2, 0.25) is 5.91 Å². The van der Waals surface area contributed by atoms with Crippen molar-refractivity contribution in [3.05, 3.63) is 108 Å². The Morgan fingerprint density at radius 3 is 2.25 bits per heavy atom. The van der Waals surface area contributed by atoms with Crippen LogP contribution < -0.4 is 10.6 Å². The molecule has 6 atom stereocenters. The number of benzene rings is 5. The minimum Gasteiger partial charge on any atom is -0.453 e. The molecule has 3 fully saturated rings. The Kier molecular flexibility index (Phi) is 10.4. The molecule has 4 heterocycles. The van der Waals surface area contributed by atoms with E-state index in [1.807, 2.05) is 54.0 Å². The number of ether oxygens (including phenoxy) is 2. The minimum absolute atomic E-state index is 0.103. The molecule has 1 aromatic heterocycles. The highest BCUT2D eigenvalue weighted by atomic mass is 16.5. The summed E-state index contributed by atoms with van der Waals surface area (Å²) in [5.41, 5.74) is 7.81. The lowest BCUT2D eigenvalue weighted by Gasteiger charge is -2.37. The number of fused-ring (bicyclic) bond motifs is 8. The highest BCUT2D eigenvalue weighted by molar-refractivity contribution is 6.08. The fourth-order valence-electron chi connectivity index (χ4n) is 10.7. The zero-order valence-corrected chi connectivity index (χ0v) is 35.9. The molecule has 13 nitrogen and oxygen atoms in total. The molecular weight excluding hydrogens is 795 g/mol. The number of hydrogen-bond acceptors (Lipinski definition) is 8. The first kappa shape index (κ1) is 40.3. The van der Waals surface area contributed by atoms with E-state index in [0.717, 1.165) is 98.6 Å². The molecule has 3 aliphatic heterocycles. The van der Waals surface area contributed by atoms with Crippen LogP contribution in [-0.4, -0.2) is 88.4 Å². The van der Waals surface area contributed by atoms with Gasteiger partial charge < -0.3 is 34.9 Å². The number of H-pyrrole nitrogens is 1. The fraction of sp³-hybridized carbons (Fsp3) is 0.360. The molecule has 3 N–H and O–H groups in total. The quantitative estimate of drug-likeness (QED) is 0.131. The molecule has 4 amide bonds. The standard InChI is InChI=1S/C50H51N7O6/c1-27(2)42(54-49(60)62-3)47(58)56-22-8-11-41(56)46-52-39-21-16-32-24-30(14-19-36(32)44(39)53-46)29-13-18-35-31(23-29)15-20-38-37(35)26-40(51-38)45-33-12-17-34(25-33)57(45)48(59)43(55-50(61)63-4)28-9-6-5-7-10-28/h5-7,9-10,13-16,18-21,23-24,27,33-34,41-43,45H,8,11-12,17,22,25-26H2,1-4H3,(H,52,53)(H,54,60)(H,55,61)/t33-,34+,41-,42-,43+,45-/m0/s1. The van der Waals surface area contributed by atoms with Gasteiger partial charge >= 0.3 is 12.2 Å². The third-order valence-electron chi connectivity index (χ3n) is 13.8. The van der Waals surface area contributed by atoms with Gasteiger partial charge in [0.1, 0.15) is 17.9 Å². The van der Waals surface area contributed by atoms with Gasteiger partial charge in [-0.15, -0.1) is 0 Å². The van der Waals surface area contributed by atoms with Crippen molar-refractivity contribution in [3.63, 3.8) is 0 Å². The van der Waals surface area contributed by atoms with Gasteiger partial charge in [-0.1, -0.05) is 80.6 Å². The van der Waals surface area contributed by atoms with Crippen molar-refractivity contribution < 1.29 is 28.7 Å². The van der Waals surface area contributed by atoms with Crippen molar-refractivity contribution in [1.29, 1.82) is 0 Å². The zero-order valence-electron chi connectivity index (χ0n) is 35.9. The summed E-state index contributed by atoms with van der Waals surface area (Å²) >= 11 is 0. The predicted molar refractivity (Wildman–Crippen MR) is 242 cm³/mol. The molecule has 63 heavy (non-hydrogen) atoms. The minimum atomic E-state index is -0.857. The summed E-state index contributed by atoms with van der Waals surface area (Å²) in [6.07, 6.45) is 3.95. The second-order valence-electron chi connectivity index (χ2n) is 17.7. The Morgan fingerprint density at radius 2 is 1.51 bits per heavy atom. The van der Waals surface area contributed by atoms with Crippen molar-refractivity contribution in [3.8, 4) is 11.1 Å². The Balaban J connectivity index is 0.894. The highest BCUT2D eigenvalue weighted by Crippen LogP contribution is 2.47. The van der Waals surface area contributed by atoms with Crippen LogP contribution in [0.1, 0.15) is 75.0 Å². The summed E-state index contributed by atoms with van der Waals surface area (Å²) in [4.78, 5) is 70.5. The number of likely N-dealkylation sites (tertiary alicyclic amines) is 2. The van der Waals surface area contributed by atoms with E-state index in [2.05, 4.69) is 76.3 Å². The van der Waals surface area contributed by atoms with Gasteiger partial charge in [-0.25, -0.2) is 14.6 Å². The first-order chi connectivity index (χ1) is 30.6. The van der Waals surface area contributed by atoms with E-state index in [1.165, 1.54) is 19.8 Å². The number of methoxy groups -OCH3 is 2. The number of piperidine rings is 1. The number of aliphatic imine (C=N–C) groups is 1. The third-order valence-corrected chi connectivity index (χ3v) is 13.8. The number of hydrogen-bond donors (Lipinski definition) is 3. The molecule has 322 valence electrons. The van der Waals surface area contributed by atoms with Gasteiger partial charge in [0.05, 0.1) is 43.0 Å². The molecule has 4 aliphatic rings. The molecular formula is C50H51N7O6. The largest absolute Gasteiger partial charge is 0.453 e. The number of amides is 4. The second-order valence-corrected chi connectivity index (χ2v) is 17.7. The van der Waals surface area contributed by atoms with E-state index in [4.69, 9.17) is 19.5 Å². The lowest BCUT2D eigenvalue weighted by molar-refractivity contribution is -0.136. The van der Waals surface area contributed by atoms with Crippen LogP contribution in [-0.2, 0) is 25.5 Å². The number of aromatic nitrogens is 2. The van der Waals surface area contributed by atoms with Crippen molar-refractivity contribution in [1.82, 2.24) is 30.4 Å². The van der Waals surface area contributed by atoms with Gasteiger partial charge in [-0.05, 0) is 107 Å². The molecule has 1 saturated carbocycles. The summed E-state index contributed by atoms with van der Waals surface area (Å²) in [7, 11) is 2.61. The molecule has 2 saturated heterocycles. The summed E-state index contributed by atoms with van der Waals surface area (Å²) < 4.78 is 9.74. The van der Waals surface area contributed by atoms with Gasteiger partial charge in [0, 0.05) is 30.1 Å². The molecule has 2 bridgehead atoms. The van der Waals surface area contributed by atoms with Crippen LogP contribution in [0.15, 0.2) is 96.0 Å². The molecule has 0 radical (unpaired) electrons. The van der Waals surface area contributed by atoms with Crippen LogP contribution in [0.5, 0.6) is 0 Å². The molecule has 10 rings (SSSR count). The maximum absolute atomic E-state index is 14.5. The van der Waals surface area contributed by atoms with E-state index in [1.54, 1.807) is 0 Å². The summed E-state index contributed by atoms with van der Waals surface area (Å²) in [6.45, 7) is 4.42. The first-order valence-electron chi connectivity index (χ1n) is 22.0. The summed E-state index contributed by atoms with van der Waals surface area (Å²) in [5, 5.41) is 9.90. The van der Waals surface area contributed by atoms with Crippen molar-refractivity contribution in [2.45, 2.75) is 82.6 Å². The fourth-order valence-corrected chi connectivity index (χ4v) is 10.7. The van der Waals surface area contributed by atoms with E-state index < -0.39 is 24.3 Å². The van der Waals surface area contributed by atoms with Gasteiger partial charge in [0.15, 0.2) is 0 Å². The Bertz CT molecular complexity index is 2840. The van der Waals surface area contributed by atoms with E-state index in [0.29, 0.717) is 18.9 Å². The number of carbonyl (C=O) groups excluding carboxylic acids is 4. The zero-order chi connectivity index (χ0) is 43.5. The molecule has 1 aliphatic carbocycles. The van der Waals surface area contributed by atoms with Crippen molar-refractivity contribution in [2.75, 3.05) is 20.8 Å². The molecule has 13 heteroatoms. The lowest BCUT2D eigenvalue weighted by Crippen LogP contribution is -2.53. The average molecular weight is 846 g/mol. The normalized spacial score (nSPS) is 21.2. The first-order valence-corrected chi connectivity index (χ1v) is 22.0. The molecule has 0 spiro atoms. The number of nitrogens with one attached hydrogen (secondary N) is 3. The van der Waals surface area contributed by atoms with Gasteiger partial charge in [-0.3, -0.25) is 14.6 Å². The Hall–Kier alpha value is -6.76. The number of imidazole rings is 1. The summed E-state index contributed by atoms with van der Waals surface area (Å²) in [6, 6.07) is 29.1. The maximum Gasteiger partial charge on any atom is 0.407 e. The predicted octanol–water partition coefficient (Wildman–Crippen LogP) is 8.69. The smallest absolute Gasteiger partial charge is 0.407 e. The molecule has 0 unspecified atom stereocenters. The third kappa shape index (κ3) is 7.13. The van der Waals surface area contributed by atoms with Crippen LogP contribution in [0.25, 0.3) is 43.7 Å². The van der Waals surface area contributed by atoms with Gasteiger partial charge in [0.25, 0.3) is 5.91 Å². The number of nitrogens with zero attached hydrogens (tertiary/aromatic N) is 4. The van der Waals surface area contributed by atoms with E-state index in [-0.39, 0.29) is 35.9 Å². The second kappa shape index (κ2) is 16.2. The monoisotopic (exact) mass is 845 g/mol. The molecule has 5 aromatic carbocycles. The highest BCUT2D eigenvalue weighted by Gasteiger charge is 2.52. The van der Waals surface area contributed by atoms with Crippen LogP contribution >= 0.6 is 0 Å². The number of aromatic amines is 1. The topological polar surface area (TPSA) is 158 Å². The molecule has 6 aromatic rings. The number of carbonyl (C=O) groups is 4. The van der Waals surface area contributed by atoms with Crippen LogP contribution in [0.3, 0.4) is 0 Å². The Morgan fingerprint density at radius 1 is 0.794 bits per heavy atom. The maximum atomic E-state index is 14.5. The van der Waals surface area contributed by atoms with E-state index >= 15 is 0 Å². The average Bonchev–Trinajstić information content (AvgIpc) is 4.17. The Labute approximate surface area is 365 Å². The van der Waals surface area contributed by atoms with Crippen molar-refractivity contribution in [2.24, 2.45) is 16.8 Å². The number of rotatable bonds is 9. The summed E-state index contributed by atoms with van der Waals surface area (Å²) in [5.74, 6) is 0.692. The SMILES string of the molecule is COC(=O)N[C@H](C(=O)N1CCC[C@H]1c1nc2c(ccc3cc(-c4ccc5c6c(ccc5c4)N=C([C@@H]4[C@H]5CC[C@H](C5)N4C(=O)[C@H](NC(=O)OC)c4ccccc4)C6)ccc32)[nH]1)C(C)C. The van der Waals surface area contributed by atoms with Gasteiger partial charge in [-0.2, -0.15) is 0 Å². The number of alkyl carbamates (subject to hydrolysis) is 2. The van der Waals surface area contributed by atoms with Crippen LogP contribution in [0, 0.1) is 11.8 Å². The van der Waals surface area contributed by atoms with Crippen molar-refractivity contribution >= 4 is 68.0 Å². The van der Waals surface area contributed by atoms with Crippen LogP contribution in [0.4, 0.5) is 15.3 Å². The van der Waals surface area contributed by atoms with E-state index in [9.17, 15) is 19.2 Å². The lowest BCUT2D eigenvalue weighted by atomic mass is 9.90.